The Kier molecular flexibility index (Phi) is 3.24. The highest BCUT2D eigenvalue weighted by atomic mass is 16.1. The van der Waals surface area contributed by atoms with Crippen LogP contribution in [-0.4, -0.2) is 5.91 Å². The summed E-state index contributed by atoms with van der Waals surface area (Å²) in [7, 11) is 0. The van der Waals surface area contributed by atoms with Crippen LogP contribution in [0.3, 0.4) is 0 Å². The Morgan fingerprint density at radius 1 is 1.62 bits per heavy atom. The average Bonchev–Trinajstić information content (AvgIpc) is 1.61. The van der Waals surface area contributed by atoms with Crippen molar-refractivity contribution in [3.63, 3.8) is 0 Å². The summed E-state index contributed by atoms with van der Waals surface area (Å²) in [6, 6.07) is 0. The minimum absolute atomic E-state index is 0.341. The van der Waals surface area contributed by atoms with Crippen molar-refractivity contribution in [1.29, 1.82) is 0 Å². The Hall–Kier alpha value is -0.530. The second-order valence-corrected chi connectivity index (χ2v) is 2.02. The number of primary amides is 1. The first kappa shape index (κ1) is 7.47. The molecule has 0 saturated carbocycles. The van der Waals surface area contributed by atoms with Gasteiger partial charge in [0.05, 0.1) is 0 Å². The summed E-state index contributed by atoms with van der Waals surface area (Å²) in [6.07, 6.45) is 2.17. The Morgan fingerprint density at radius 2 is 2.12 bits per heavy atom. The standard InChI is InChI=1S/C6H11NO/c1-5(2)3-4-6(7)8/h4H,3H2,1-2H3,(H2,7,8). The van der Waals surface area contributed by atoms with Crippen LogP contribution in [0.2, 0.25) is 0 Å². The summed E-state index contributed by atoms with van der Waals surface area (Å²) < 4.78 is 0. The minimum Gasteiger partial charge on any atom is -0.369 e. The lowest BCUT2D eigenvalue weighted by atomic mass is 10.1. The molecule has 0 fully saturated rings. The summed E-state index contributed by atoms with van der Waals surface area (Å²) in [6.45, 7) is 3.92. The van der Waals surface area contributed by atoms with E-state index in [1.807, 2.05) is 13.8 Å². The van der Waals surface area contributed by atoms with Crippen LogP contribution in [0, 0.1) is 12.3 Å². The molecule has 0 aliphatic rings. The normalized spacial score (nSPS) is 9.88. The summed E-state index contributed by atoms with van der Waals surface area (Å²) in [5.74, 6) is 0.856. The van der Waals surface area contributed by atoms with Crippen molar-refractivity contribution in [2.75, 3.05) is 0 Å². The zero-order valence-electron chi connectivity index (χ0n) is 5.27. The molecule has 0 atom stereocenters. The Morgan fingerprint density at radius 3 is 2.25 bits per heavy atom. The largest absolute Gasteiger partial charge is 0.369 e. The highest BCUT2D eigenvalue weighted by Gasteiger charge is 1.97. The molecule has 2 N–H and O–H groups in total. The topological polar surface area (TPSA) is 43.1 Å². The van der Waals surface area contributed by atoms with E-state index in [1.54, 1.807) is 0 Å². The van der Waals surface area contributed by atoms with E-state index < -0.39 is 0 Å². The molecular weight excluding hydrogens is 102 g/mol. The maximum absolute atomic E-state index is 10.1. The fourth-order valence-electron chi connectivity index (χ4n) is 0.305. The molecule has 2 nitrogen and oxygen atoms in total. The van der Waals surface area contributed by atoms with Gasteiger partial charge in [-0.1, -0.05) is 13.8 Å². The summed E-state index contributed by atoms with van der Waals surface area (Å²) in [5.41, 5.74) is 4.83. The van der Waals surface area contributed by atoms with Gasteiger partial charge in [0.2, 0.25) is 5.91 Å². The monoisotopic (exact) mass is 113 g/mol. The van der Waals surface area contributed by atoms with E-state index in [-0.39, 0.29) is 5.91 Å². The van der Waals surface area contributed by atoms with Crippen molar-refractivity contribution in [2.45, 2.75) is 20.3 Å². The molecule has 0 saturated heterocycles. The highest BCUT2D eigenvalue weighted by molar-refractivity contribution is 5.82. The molecule has 0 heterocycles. The minimum atomic E-state index is -0.341. The molecular formula is C6H11NO. The van der Waals surface area contributed by atoms with Gasteiger partial charge in [0, 0.05) is 6.42 Å². The fraction of sp³-hybridized carbons (Fsp3) is 0.500. The van der Waals surface area contributed by atoms with Gasteiger partial charge in [-0.15, -0.1) is 0 Å². The number of amides is 1. The van der Waals surface area contributed by atoms with Crippen LogP contribution in [0.15, 0.2) is 0 Å². The lowest BCUT2D eigenvalue weighted by molar-refractivity contribution is -0.115. The number of nitrogens with two attached hydrogens (primary N) is 1. The predicted molar refractivity (Wildman–Crippen MR) is 32.7 cm³/mol. The number of carbonyl (C=O) groups is 1. The molecule has 0 bridgehead atoms. The van der Waals surface area contributed by atoms with Crippen LogP contribution < -0.4 is 5.73 Å². The SMILES string of the molecule is C[C](C)C[CH]C(N)=O. The Balaban J connectivity index is 3.05. The van der Waals surface area contributed by atoms with Gasteiger partial charge in [0.25, 0.3) is 0 Å². The summed E-state index contributed by atoms with van der Waals surface area (Å²) in [5, 5.41) is 0. The van der Waals surface area contributed by atoms with Crippen LogP contribution in [0.5, 0.6) is 0 Å². The molecule has 0 rings (SSSR count). The quantitative estimate of drug-likeness (QED) is 0.574. The van der Waals surface area contributed by atoms with Crippen molar-refractivity contribution in [3.05, 3.63) is 12.3 Å². The van der Waals surface area contributed by atoms with E-state index in [0.29, 0.717) is 6.42 Å². The highest BCUT2D eigenvalue weighted by Crippen LogP contribution is 2.02. The first-order valence-electron chi connectivity index (χ1n) is 2.54. The first-order valence-corrected chi connectivity index (χ1v) is 2.54. The maximum atomic E-state index is 10.1. The van der Waals surface area contributed by atoms with Gasteiger partial charge in [-0.2, -0.15) is 0 Å². The van der Waals surface area contributed by atoms with Crippen molar-refractivity contribution in [1.82, 2.24) is 0 Å². The van der Waals surface area contributed by atoms with Crippen LogP contribution >= 0.6 is 0 Å². The van der Waals surface area contributed by atoms with Gasteiger partial charge < -0.3 is 5.73 Å². The average molecular weight is 113 g/mol. The Labute approximate surface area is 50.1 Å². The van der Waals surface area contributed by atoms with E-state index in [2.05, 4.69) is 0 Å². The van der Waals surface area contributed by atoms with E-state index >= 15 is 0 Å². The van der Waals surface area contributed by atoms with Crippen LogP contribution in [-0.2, 0) is 4.79 Å². The van der Waals surface area contributed by atoms with Crippen molar-refractivity contribution in [3.8, 4) is 0 Å². The van der Waals surface area contributed by atoms with Crippen LogP contribution in [0.4, 0.5) is 0 Å². The molecule has 46 valence electrons. The fourth-order valence-corrected chi connectivity index (χ4v) is 0.305. The van der Waals surface area contributed by atoms with E-state index in [9.17, 15) is 4.79 Å². The van der Waals surface area contributed by atoms with Crippen LogP contribution in [0.25, 0.3) is 0 Å². The number of carbonyl (C=O) groups excluding carboxylic acids is 1. The van der Waals surface area contributed by atoms with Gasteiger partial charge in [-0.05, 0) is 12.3 Å². The summed E-state index contributed by atoms with van der Waals surface area (Å²) in [4.78, 5) is 10.1. The molecule has 8 heavy (non-hydrogen) atoms. The molecule has 1 amide bonds. The van der Waals surface area contributed by atoms with Gasteiger partial charge >= 0.3 is 0 Å². The third kappa shape index (κ3) is 5.47. The van der Waals surface area contributed by atoms with Gasteiger partial charge in [0.15, 0.2) is 0 Å². The molecule has 0 unspecified atom stereocenters. The lowest BCUT2D eigenvalue weighted by Gasteiger charge is -1.97. The van der Waals surface area contributed by atoms with Crippen LogP contribution in [0.1, 0.15) is 20.3 Å². The molecule has 0 aliphatic carbocycles. The lowest BCUT2D eigenvalue weighted by Crippen LogP contribution is -2.11. The number of hydrogen-bond donors (Lipinski definition) is 1. The zero-order chi connectivity index (χ0) is 6.57. The predicted octanol–water partition coefficient (Wildman–Crippen LogP) is 0.680. The molecule has 2 radical (unpaired) electrons. The van der Waals surface area contributed by atoms with Crippen molar-refractivity contribution in [2.24, 2.45) is 5.73 Å². The number of hydrogen-bond acceptors (Lipinski definition) is 1. The van der Waals surface area contributed by atoms with Crippen molar-refractivity contribution < 1.29 is 4.79 Å². The smallest absolute Gasteiger partial charge is 0.221 e. The first-order chi connectivity index (χ1) is 3.63. The molecule has 0 aromatic heterocycles. The van der Waals surface area contributed by atoms with E-state index in [0.717, 1.165) is 0 Å². The second-order valence-electron chi connectivity index (χ2n) is 2.02. The van der Waals surface area contributed by atoms with Gasteiger partial charge in [0.1, 0.15) is 0 Å². The molecule has 0 aromatic rings. The molecule has 0 aromatic carbocycles. The number of rotatable bonds is 3. The van der Waals surface area contributed by atoms with Crippen molar-refractivity contribution >= 4 is 5.91 Å². The van der Waals surface area contributed by atoms with E-state index in [1.165, 1.54) is 12.3 Å². The van der Waals surface area contributed by atoms with Gasteiger partial charge in [-0.25, -0.2) is 0 Å². The molecule has 0 aliphatic heterocycles. The Bertz CT molecular complexity index is 78.6. The third-order valence-electron chi connectivity index (χ3n) is 0.711. The van der Waals surface area contributed by atoms with Gasteiger partial charge in [-0.3, -0.25) is 4.79 Å². The summed E-state index contributed by atoms with van der Waals surface area (Å²) >= 11 is 0. The molecule has 0 spiro atoms. The third-order valence-corrected chi connectivity index (χ3v) is 0.711. The zero-order valence-corrected chi connectivity index (χ0v) is 5.27. The second kappa shape index (κ2) is 3.47. The van der Waals surface area contributed by atoms with E-state index in [4.69, 9.17) is 5.73 Å². The maximum Gasteiger partial charge on any atom is 0.221 e. The molecule has 2 heteroatoms.